The molecule has 7 nitrogen and oxygen atoms in total. The zero-order valence-electron chi connectivity index (χ0n) is 19.5. The number of nitrogens with one attached hydrogen (secondary N) is 2. The maximum Gasteiger partial charge on any atom is 0.239 e. The van der Waals surface area contributed by atoms with Crippen molar-refractivity contribution in [3.05, 3.63) is 29.3 Å². The third-order valence-corrected chi connectivity index (χ3v) is 6.24. The monoisotopic (exact) mass is 576 g/mol. The summed E-state index contributed by atoms with van der Waals surface area (Å²) in [6, 6.07) is 8.45. The van der Waals surface area contributed by atoms with Gasteiger partial charge in [-0.1, -0.05) is 17.7 Å². The predicted molar refractivity (Wildman–Crippen MR) is 145 cm³/mol. The van der Waals surface area contributed by atoms with E-state index in [1.54, 1.807) is 4.90 Å². The smallest absolute Gasteiger partial charge is 0.239 e. The Morgan fingerprint density at radius 1 is 1.28 bits per heavy atom. The second-order valence-electron chi connectivity index (χ2n) is 8.60. The molecule has 2 unspecified atom stereocenters. The zero-order chi connectivity index (χ0) is 22.2. The van der Waals surface area contributed by atoms with E-state index in [1.807, 2.05) is 32.3 Å². The number of aliphatic imine (C=N–C) groups is 1. The summed E-state index contributed by atoms with van der Waals surface area (Å²) < 4.78 is 0. The van der Waals surface area contributed by atoms with Gasteiger partial charge < -0.3 is 20.4 Å². The molecule has 2 heterocycles. The molecule has 32 heavy (non-hydrogen) atoms. The molecule has 180 valence electrons. The van der Waals surface area contributed by atoms with Crippen LogP contribution in [0.15, 0.2) is 29.3 Å². The molecule has 2 saturated heterocycles. The molecule has 0 aromatic heterocycles. The molecule has 1 aromatic carbocycles. The van der Waals surface area contributed by atoms with E-state index in [9.17, 15) is 4.79 Å². The number of guanidine groups is 1. The summed E-state index contributed by atoms with van der Waals surface area (Å²) in [5, 5.41) is 7.73. The third-order valence-electron chi connectivity index (χ3n) is 6.01. The van der Waals surface area contributed by atoms with Gasteiger partial charge in [0.15, 0.2) is 5.96 Å². The molecular formula is C23H38ClIN6O. The van der Waals surface area contributed by atoms with Crippen molar-refractivity contribution in [1.29, 1.82) is 0 Å². The number of nitrogens with zero attached hydrogens (tertiary/aromatic N) is 4. The van der Waals surface area contributed by atoms with Crippen molar-refractivity contribution in [2.75, 3.05) is 58.3 Å². The minimum absolute atomic E-state index is 0. The number of benzene rings is 1. The predicted octanol–water partition coefficient (Wildman–Crippen LogP) is 3.03. The maximum atomic E-state index is 12.3. The van der Waals surface area contributed by atoms with Crippen LogP contribution in [0.5, 0.6) is 0 Å². The molecule has 2 aliphatic rings. The second-order valence-corrected chi connectivity index (χ2v) is 9.03. The number of carbonyl (C=O) groups is 1. The Morgan fingerprint density at radius 3 is 2.81 bits per heavy atom. The standard InChI is InChI=1S/C23H37ClN6O.HI/c1-4-25-23(26-12-7-14-29-13-6-10-21(29)22(31)28(2)3)27-19-11-15-30(17-19)20-9-5-8-18(24)16-20;/h5,8-9,16,19,21H,4,6-7,10-15,17H2,1-3H3,(H2,25,26,27);1H. The molecule has 2 fully saturated rings. The number of likely N-dealkylation sites (tertiary alicyclic amines) is 1. The minimum Gasteiger partial charge on any atom is -0.369 e. The summed E-state index contributed by atoms with van der Waals surface area (Å²) in [5.41, 5.74) is 1.17. The Morgan fingerprint density at radius 2 is 2.09 bits per heavy atom. The highest BCUT2D eigenvalue weighted by atomic mass is 127. The molecule has 0 radical (unpaired) electrons. The molecule has 9 heteroatoms. The van der Waals surface area contributed by atoms with E-state index < -0.39 is 0 Å². The van der Waals surface area contributed by atoms with Crippen LogP contribution in [0.3, 0.4) is 0 Å². The molecule has 0 spiro atoms. The highest BCUT2D eigenvalue weighted by Crippen LogP contribution is 2.23. The molecule has 1 amide bonds. The van der Waals surface area contributed by atoms with Crippen molar-refractivity contribution >= 4 is 53.1 Å². The van der Waals surface area contributed by atoms with E-state index in [-0.39, 0.29) is 35.9 Å². The highest BCUT2D eigenvalue weighted by Gasteiger charge is 2.31. The highest BCUT2D eigenvalue weighted by molar-refractivity contribution is 14.0. The van der Waals surface area contributed by atoms with Crippen LogP contribution in [0, 0.1) is 0 Å². The number of hydrogen-bond acceptors (Lipinski definition) is 4. The van der Waals surface area contributed by atoms with Crippen molar-refractivity contribution in [1.82, 2.24) is 20.4 Å². The Hall–Kier alpha value is -1.26. The summed E-state index contributed by atoms with van der Waals surface area (Å²) >= 11 is 6.15. The average molecular weight is 577 g/mol. The fourth-order valence-electron chi connectivity index (χ4n) is 4.43. The van der Waals surface area contributed by atoms with Crippen LogP contribution in [0.25, 0.3) is 0 Å². The van der Waals surface area contributed by atoms with Crippen LogP contribution in [0.4, 0.5) is 5.69 Å². The second kappa shape index (κ2) is 13.4. The molecule has 2 atom stereocenters. The van der Waals surface area contributed by atoms with Crippen molar-refractivity contribution in [3.8, 4) is 0 Å². The molecule has 0 saturated carbocycles. The summed E-state index contributed by atoms with van der Waals surface area (Å²) in [4.78, 5) is 23.5. The van der Waals surface area contributed by atoms with Gasteiger partial charge >= 0.3 is 0 Å². The average Bonchev–Trinajstić information content (AvgIpc) is 3.40. The van der Waals surface area contributed by atoms with Crippen LogP contribution in [0.2, 0.25) is 5.02 Å². The number of rotatable bonds is 8. The Bertz CT molecular complexity index is 762. The maximum absolute atomic E-state index is 12.3. The fourth-order valence-corrected chi connectivity index (χ4v) is 4.62. The Labute approximate surface area is 215 Å². The van der Waals surface area contributed by atoms with E-state index in [1.165, 1.54) is 5.69 Å². The van der Waals surface area contributed by atoms with Crippen molar-refractivity contribution in [3.63, 3.8) is 0 Å². The molecule has 1 aromatic rings. The summed E-state index contributed by atoms with van der Waals surface area (Å²) in [5.74, 6) is 1.10. The van der Waals surface area contributed by atoms with Gasteiger partial charge in [-0.15, -0.1) is 24.0 Å². The molecule has 0 bridgehead atoms. The lowest BCUT2D eigenvalue weighted by molar-refractivity contribution is -0.133. The van der Waals surface area contributed by atoms with E-state index >= 15 is 0 Å². The van der Waals surface area contributed by atoms with Gasteiger partial charge in [0, 0.05) is 63.6 Å². The number of hydrogen-bond donors (Lipinski definition) is 2. The Kier molecular flexibility index (Phi) is 11.3. The fraction of sp³-hybridized carbons (Fsp3) is 0.652. The summed E-state index contributed by atoms with van der Waals surface area (Å²) in [7, 11) is 3.68. The van der Waals surface area contributed by atoms with Gasteiger partial charge in [-0.05, 0) is 57.4 Å². The van der Waals surface area contributed by atoms with Crippen LogP contribution in [-0.4, -0.2) is 87.1 Å². The number of carbonyl (C=O) groups excluding carboxylic acids is 1. The van der Waals surface area contributed by atoms with Crippen LogP contribution in [0.1, 0.15) is 32.6 Å². The zero-order valence-corrected chi connectivity index (χ0v) is 22.6. The Balaban J connectivity index is 0.00000363. The first-order valence-electron chi connectivity index (χ1n) is 11.5. The first-order valence-corrected chi connectivity index (χ1v) is 11.9. The van der Waals surface area contributed by atoms with E-state index in [2.05, 4.69) is 33.4 Å². The van der Waals surface area contributed by atoms with Crippen LogP contribution >= 0.6 is 35.6 Å². The van der Waals surface area contributed by atoms with E-state index in [4.69, 9.17) is 16.6 Å². The van der Waals surface area contributed by atoms with E-state index in [0.717, 1.165) is 75.9 Å². The third kappa shape index (κ3) is 7.66. The SMILES string of the molecule is CCNC(=NCCCN1CCCC1C(=O)N(C)C)NC1CCN(c2cccc(Cl)c2)C1.I. The van der Waals surface area contributed by atoms with Crippen LogP contribution in [-0.2, 0) is 4.79 Å². The normalized spacial score (nSPS) is 21.4. The first-order chi connectivity index (χ1) is 15.0. The number of halogens is 2. The quantitative estimate of drug-likeness (QED) is 0.216. The summed E-state index contributed by atoms with van der Waals surface area (Å²) in [6.07, 6.45) is 4.09. The summed E-state index contributed by atoms with van der Waals surface area (Å²) in [6.45, 7) is 7.54. The number of amides is 1. The molecular weight excluding hydrogens is 539 g/mol. The lowest BCUT2D eigenvalue weighted by Crippen LogP contribution is -2.45. The first kappa shape index (κ1) is 27.0. The molecule has 0 aliphatic carbocycles. The lowest BCUT2D eigenvalue weighted by atomic mass is 10.2. The topological polar surface area (TPSA) is 63.2 Å². The van der Waals surface area contributed by atoms with Gasteiger partial charge in [0.05, 0.1) is 6.04 Å². The van der Waals surface area contributed by atoms with Gasteiger partial charge in [0.25, 0.3) is 0 Å². The number of likely N-dealkylation sites (N-methyl/N-ethyl adjacent to an activating group) is 1. The van der Waals surface area contributed by atoms with Gasteiger partial charge in [-0.3, -0.25) is 14.7 Å². The van der Waals surface area contributed by atoms with Gasteiger partial charge in [0.1, 0.15) is 0 Å². The van der Waals surface area contributed by atoms with Gasteiger partial charge in [0.2, 0.25) is 5.91 Å². The van der Waals surface area contributed by atoms with Gasteiger partial charge in [-0.2, -0.15) is 0 Å². The van der Waals surface area contributed by atoms with Gasteiger partial charge in [-0.25, -0.2) is 0 Å². The van der Waals surface area contributed by atoms with Crippen molar-refractivity contribution in [2.24, 2.45) is 4.99 Å². The lowest BCUT2D eigenvalue weighted by Gasteiger charge is -2.25. The largest absolute Gasteiger partial charge is 0.369 e. The minimum atomic E-state index is 0. The molecule has 2 N–H and O–H groups in total. The van der Waals surface area contributed by atoms with Crippen molar-refractivity contribution in [2.45, 2.75) is 44.7 Å². The van der Waals surface area contributed by atoms with Crippen molar-refractivity contribution < 1.29 is 4.79 Å². The molecule has 2 aliphatic heterocycles. The molecule has 3 rings (SSSR count). The van der Waals surface area contributed by atoms with Crippen LogP contribution < -0.4 is 15.5 Å². The van der Waals surface area contributed by atoms with E-state index in [0.29, 0.717) is 6.04 Å². The number of anilines is 1.